The minimum absolute atomic E-state index is 0.0949. The molecule has 0 bridgehead atoms. The van der Waals surface area contributed by atoms with Crippen LogP contribution in [0.4, 0.5) is 0 Å². The molecule has 4 nitrogen and oxygen atoms in total. The maximum Gasteiger partial charge on any atom is 0.251 e. The van der Waals surface area contributed by atoms with E-state index in [2.05, 4.69) is 5.32 Å². The second kappa shape index (κ2) is 7.48. The molecule has 3 rings (SSSR count). The lowest BCUT2D eigenvalue weighted by Gasteiger charge is -2.16. The second-order valence-corrected chi connectivity index (χ2v) is 6.38. The van der Waals surface area contributed by atoms with E-state index < -0.39 is 0 Å². The van der Waals surface area contributed by atoms with Gasteiger partial charge in [-0.25, -0.2) is 0 Å². The van der Waals surface area contributed by atoms with Gasteiger partial charge in [-0.15, -0.1) is 0 Å². The number of phenolic OH excluding ortho intramolecular Hbond substituents is 1. The lowest BCUT2D eigenvalue weighted by molar-refractivity contribution is 0.0954. The molecule has 3 aromatic rings. The summed E-state index contributed by atoms with van der Waals surface area (Å²) in [7, 11) is 0. The highest BCUT2D eigenvalue weighted by Gasteiger charge is 2.21. The van der Waals surface area contributed by atoms with E-state index in [9.17, 15) is 9.90 Å². The Morgan fingerprint density at radius 1 is 1.08 bits per heavy atom. The standard InChI is InChI=1S/C22H23NO3/c1-4-12-23-22(25)19-7-5-6-18(16-8-10-17(24)11-9-16)21(19)20-14(2)13-26-15(20)3/h5-11,13,24H,4,12H2,1-3H3,(H,23,25). The summed E-state index contributed by atoms with van der Waals surface area (Å²) in [5, 5.41) is 12.6. The van der Waals surface area contributed by atoms with Gasteiger partial charge in [0.1, 0.15) is 11.5 Å². The monoisotopic (exact) mass is 349 g/mol. The fourth-order valence-electron chi connectivity index (χ4n) is 3.17. The first-order valence-electron chi connectivity index (χ1n) is 8.78. The number of furan rings is 1. The van der Waals surface area contributed by atoms with Crippen molar-refractivity contribution in [2.45, 2.75) is 27.2 Å². The SMILES string of the molecule is CCCNC(=O)c1cccc(-c2ccc(O)cc2)c1-c1c(C)coc1C. The molecule has 134 valence electrons. The van der Waals surface area contributed by atoms with E-state index in [1.165, 1.54) is 0 Å². The third-order valence-electron chi connectivity index (χ3n) is 4.43. The molecule has 2 N–H and O–H groups in total. The number of rotatable bonds is 5. The van der Waals surface area contributed by atoms with E-state index >= 15 is 0 Å². The van der Waals surface area contributed by atoms with E-state index in [4.69, 9.17) is 4.42 Å². The molecule has 0 aliphatic heterocycles. The molecule has 26 heavy (non-hydrogen) atoms. The number of carbonyl (C=O) groups is 1. The van der Waals surface area contributed by atoms with Gasteiger partial charge in [0.25, 0.3) is 5.91 Å². The number of phenols is 1. The van der Waals surface area contributed by atoms with E-state index in [-0.39, 0.29) is 11.7 Å². The molecule has 1 heterocycles. The highest BCUT2D eigenvalue weighted by Crippen LogP contribution is 2.39. The van der Waals surface area contributed by atoms with Crippen molar-refractivity contribution in [3.63, 3.8) is 0 Å². The molecule has 1 aromatic heterocycles. The summed E-state index contributed by atoms with van der Waals surface area (Å²) in [5.41, 5.74) is 5.27. The number of hydrogen-bond acceptors (Lipinski definition) is 3. The predicted molar refractivity (Wildman–Crippen MR) is 103 cm³/mol. The van der Waals surface area contributed by atoms with Crippen molar-refractivity contribution in [3.8, 4) is 28.0 Å². The Labute approximate surface area is 153 Å². The van der Waals surface area contributed by atoms with Gasteiger partial charge in [-0.3, -0.25) is 4.79 Å². The maximum absolute atomic E-state index is 12.8. The number of benzene rings is 2. The zero-order valence-electron chi connectivity index (χ0n) is 15.3. The van der Waals surface area contributed by atoms with Crippen LogP contribution in [0.2, 0.25) is 0 Å². The third-order valence-corrected chi connectivity index (χ3v) is 4.43. The largest absolute Gasteiger partial charge is 0.508 e. The molecule has 0 atom stereocenters. The molecule has 0 radical (unpaired) electrons. The average molecular weight is 349 g/mol. The van der Waals surface area contributed by atoms with Crippen LogP contribution in [0.1, 0.15) is 35.0 Å². The predicted octanol–water partition coefficient (Wildman–Crippen LogP) is 5.08. The zero-order valence-corrected chi connectivity index (χ0v) is 15.3. The molecule has 4 heteroatoms. The maximum atomic E-state index is 12.8. The van der Waals surface area contributed by atoms with Gasteiger partial charge in [-0.1, -0.05) is 31.2 Å². The van der Waals surface area contributed by atoms with Crippen LogP contribution in [0.3, 0.4) is 0 Å². The average Bonchev–Trinajstić information content (AvgIpc) is 2.98. The van der Waals surface area contributed by atoms with Gasteiger partial charge in [0.2, 0.25) is 0 Å². The highest BCUT2D eigenvalue weighted by molar-refractivity contribution is 6.05. The van der Waals surface area contributed by atoms with Gasteiger partial charge in [0, 0.05) is 23.2 Å². The van der Waals surface area contributed by atoms with Crippen LogP contribution in [0.25, 0.3) is 22.3 Å². The Morgan fingerprint density at radius 2 is 1.81 bits per heavy atom. The Hall–Kier alpha value is -3.01. The molecule has 0 aliphatic rings. The van der Waals surface area contributed by atoms with Crippen molar-refractivity contribution in [3.05, 3.63) is 65.6 Å². The second-order valence-electron chi connectivity index (χ2n) is 6.38. The van der Waals surface area contributed by atoms with E-state index in [1.807, 2.05) is 51.1 Å². The van der Waals surface area contributed by atoms with Gasteiger partial charge < -0.3 is 14.8 Å². The van der Waals surface area contributed by atoms with E-state index in [0.717, 1.165) is 40.0 Å². The molecule has 0 aliphatic carbocycles. The van der Waals surface area contributed by atoms with Crippen molar-refractivity contribution in [1.29, 1.82) is 0 Å². The van der Waals surface area contributed by atoms with Crippen molar-refractivity contribution in [1.82, 2.24) is 5.32 Å². The van der Waals surface area contributed by atoms with Gasteiger partial charge in [0.05, 0.1) is 6.26 Å². The summed E-state index contributed by atoms with van der Waals surface area (Å²) in [5.74, 6) is 0.892. The number of hydrogen-bond donors (Lipinski definition) is 2. The number of amides is 1. The van der Waals surface area contributed by atoms with Crippen molar-refractivity contribution in [2.24, 2.45) is 0 Å². The quantitative estimate of drug-likeness (QED) is 0.675. The molecule has 1 amide bonds. The summed E-state index contributed by atoms with van der Waals surface area (Å²) < 4.78 is 5.60. The van der Waals surface area contributed by atoms with Crippen LogP contribution < -0.4 is 5.32 Å². The fraction of sp³-hybridized carbons (Fsp3) is 0.227. The van der Waals surface area contributed by atoms with Crippen molar-refractivity contribution < 1.29 is 14.3 Å². The van der Waals surface area contributed by atoms with Crippen LogP contribution in [0, 0.1) is 13.8 Å². The lowest BCUT2D eigenvalue weighted by atomic mass is 9.88. The molecular formula is C22H23NO3. The fourth-order valence-corrected chi connectivity index (χ4v) is 3.17. The summed E-state index contributed by atoms with van der Waals surface area (Å²) in [6, 6.07) is 12.7. The normalized spacial score (nSPS) is 10.7. The first kappa shape index (κ1) is 17.8. The molecule has 0 unspecified atom stereocenters. The van der Waals surface area contributed by atoms with Gasteiger partial charge in [-0.05, 0) is 55.2 Å². The minimum Gasteiger partial charge on any atom is -0.508 e. The van der Waals surface area contributed by atoms with E-state index in [1.54, 1.807) is 18.4 Å². The topological polar surface area (TPSA) is 62.5 Å². The molecule has 2 aromatic carbocycles. The summed E-state index contributed by atoms with van der Waals surface area (Å²) in [6.45, 7) is 6.54. The number of nitrogens with one attached hydrogen (secondary N) is 1. The number of carbonyl (C=O) groups excluding carboxylic acids is 1. The Kier molecular flexibility index (Phi) is 5.12. The van der Waals surface area contributed by atoms with Gasteiger partial charge >= 0.3 is 0 Å². The van der Waals surface area contributed by atoms with Crippen LogP contribution in [-0.2, 0) is 0 Å². The van der Waals surface area contributed by atoms with Crippen LogP contribution >= 0.6 is 0 Å². The van der Waals surface area contributed by atoms with Gasteiger partial charge in [0.15, 0.2) is 0 Å². The van der Waals surface area contributed by atoms with Crippen molar-refractivity contribution in [2.75, 3.05) is 6.54 Å². The Balaban J connectivity index is 2.25. The number of aryl methyl sites for hydroxylation is 2. The van der Waals surface area contributed by atoms with E-state index in [0.29, 0.717) is 12.1 Å². The lowest BCUT2D eigenvalue weighted by Crippen LogP contribution is -2.24. The molecule has 0 spiro atoms. The smallest absolute Gasteiger partial charge is 0.251 e. The summed E-state index contributed by atoms with van der Waals surface area (Å²) in [6.07, 6.45) is 2.59. The zero-order chi connectivity index (χ0) is 18.7. The number of aromatic hydroxyl groups is 1. The first-order chi connectivity index (χ1) is 12.5. The Bertz CT molecular complexity index is 904. The summed E-state index contributed by atoms with van der Waals surface area (Å²) in [4.78, 5) is 12.8. The minimum atomic E-state index is -0.0949. The molecule has 0 saturated carbocycles. The van der Waals surface area contributed by atoms with Crippen LogP contribution in [0.5, 0.6) is 5.75 Å². The third kappa shape index (κ3) is 3.36. The van der Waals surface area contributed by atoms with Gasteiger partial charge in [-0.2, -0.15) is 0 Å². The first-order valence-corrected chi connectivity index (χ1v) is 8.78. The van der Waals surface area contributed by atoms with Crippen LogP contribution in [0.15, 0.2) is 53.1 Å². The Morgan fingerprint density at radius 3 is 2.42 bits per heavy atom. The molecular weight excluding hydrogens is 326 g/mol. The summed E-state index contributed by atoms with van der Waals surface area (Å²) >= 11 is 0. The van der Waals surface area contributed by atoms with Crippen molar-refractivity contribution >= 4 is 5.91 Å². The molecule has 0 fully saturated rings. The van der Waals surface area contributed by atoms with Crippen LogP contribution in [-0.4, -0.2) is 17.6 Å². The molecule has 0 saturated heterocycles. The highest BCUT2D eigenvalue weighted by atomic mass is 16.3.